The monoisotopic (exact) mass is 618 g/mol. The van der Waals surface area contributed by atoms with Crippen molar-refractivity contribution in [3.8, 4) is 11.1 Å². The Morgan fingerprint density at radius 3 is 2.53 bits per heavy atom. The molecule has 1 aromatic carbocycles. The van der Waals surface area contributed by atoms with Crippen LogP contribution in [0, 0.1) is 24.5 Å². The second kappa shape index (κ2) is 12.0. The first-order valence-corrected chi connectivity index (χ1v) is 15.5. The van der Waals surface area contributed by atoms with E-state index >= 15 is 4.39 Å². The van der Waals surface area contributed by atoms with Crippen molar-refractivity contribution in [3.63, 3.8) is 0 Å². The van der Waals surface area contributed by atoms with Crippen LogP contribution in [0.3, 0.4) is 0 Å². The number of nitrogens with zero attached hydrogens (tertiary/aromatic N) is 7. The number of piperidine rings is 1. The molecule has 2 atom stereocenters. The maximum absolute atomic E-state index is 15.1. The Hall–Kier alpha value is -4.19. The maximum atomic E-state index is 15.1. The van der Waals surface area contributed by atoms with E-state index in [1.807, 2.05) is 51.0 Å². The van der Waals surface area contributed by atoms with E-state index in [9.17, 15) is 9.18 Å². The third-order valence-electron chi connectivity index (χ3n) is 8.49. The summed E-state index contributed by atoms with van der Waals surface area (Å²) in [6, 6.07) is 4.91. The molecule has 2 saturated heterocycles. The lowest BCUT2D eigenvalue weighted by Crippen LogP contribution is -2.45. The number of aromatic nitrogens is 5. The van der Waals surface area contributed by atoms with Gasteiger partial charge in [0.2, 0.25) is 5.95 Å². The highest BCUT2D eigenvalue weighted by atomic mass is 19.1. The second-order valence-corrected chi connectivity index (χ2v) is 13.4. The van der Waals surface area contributed by atoms with E-state index in [0.29, 0.717) is 54.2 Å². The van der Waals surface area contributed by atoms with Crippen molar-refractivity contribution in [2.24, 2.45) is 5.92 Å². The summed E-state index contributed by atoms with van der Waals surface area (Å²) in [5.74, 6) is 0.675. The molecule has 0 aliphatic carbocycles. The van der Waals surface area contributed by atoms with Crippen LogP contribution in [-0.4, -0.2) is 71.7 Å². The average Bonchev–Trinajstić information content (AvgIpc) is 3.56. The number of hydrogen-bond acceptors (Lipinski definition) is 8. The standard InChI is InChI=1S/C33H40F2N8O2/c1-19(2)43-20(3)39-30-25(34)10-23(11-27(30)43)24-12-29(36-15-26(24)35)40-31-37-13-21(14-38-31)16-41-9-7-8-22-17-42(18-28(22)41)32(44)45-33(4,5)6/h10-15,19,22,28H,7-9,16-18H2,1-6H3,(H,36,37,38,40)/t22-,28+/m1/s1. The van der Waals surface area contributed by atoms with Gasteiger partial charge in [0.15, 0.2) is 5.82 Å². The fourth-order valence-corrected chi connectivity index (χ4v) is 6.60. The molecule has 6 rings (SSSR count). The number of halogens is 2. The SMILES string of the molecule is Cc1nc2c(F)cc(-c3cc(Nc4ncc(CN5CCC[C@@H]6CN(C(=O)OC(C)(C)C)C[C@@H]65)cn4)ncc3F)cc2n1C(C)C. The van der Waals surface area contributed by atoms with Crippen molar-refractivity contribution in [1.29, 1.82) is 0 Å². The number of imidazole rings is 1. The number of ether oxygens (including phenoxy) is 1. The molecule has 1 amide bonds. The Kier molecular flexibility index (Phi) is 8.19. The van der Waals surface area contributed by atoms with Crippen LogP contribution in [0.2, 0.25) is 0 Å². The molecule has 5 heterocycles. The molecule has 0 spiro atoms. The minimum absolute atomic E-state index is 0.0608. The molecule has 0 bridgehead atoms. The van der Waals surface area contributed by atoms with Gasteiger partial charge in [0, 0.05) is 55.2 Å². The zero-order valence-electron chi connectivity index (χ0n) is 26.6. The van der Waals surface area contributed by atoms with E-state index < -0.39 is 17.2 Å². The number of pyridine rings is 1. The predicted molar refractivity (Wildman–Crippen MR) is 168 cm³/mol. The maximum Gasteiger partial charge on any atom is 0.410 e. The summed E-state index contributed by atoms with van der Waals surface area (Å²) in [4.78, 5) is 34.4. The van der Waals surface area contributed by atoms with E-state index in [1.165, 1.54) is 12.1 Å². The summed E-state index contributed by atoms with van der Waals surface area (Å²) in [6.45, 7) is 14.4. The zero-order valence-corrected chi connectivity index (χ0v) is 26.6. The predicted octanol–water partition coefficient (Wildman–Crippen LogP) is 6.63. The smallest absolute Gasteiger partial charge is 0.410 e. The number of fused-ring (bicyclic) bond motifs is 2. The molecular formula is C33H40F2N8O2. The number of carbonyl (C=O) groups excluding carboxylic acids is 1. The van der Waals surface area contributed by atoms with Crippen molar-refractivity contribution in [1.82, 2.24) is 34.3 Å². The van der Waals surface area contributed by atoms with E-state index in [1.54, 1.807) is 18.5 Å². The lowest BCUT2D eigenvalue weighted by Gasteiger charge is -2.36. The number of amides is 1. The minimum Gasteiger partial charge on any atom is -0.444 e. The third-order valence-corrected chi connectivity index (χ3v) is 8.49. The number of benzene rings is 1. The van der Waals surface area contributed by atoms with Crippen LogP contribution >= 0.6 is 0 Å². The Labute approximate surface area is 261 Å². The lowest BCUT2D eigenvalue weighted by molar-refractivity contribution is 0.0279. The summed E-state index contributed by atoms with van der Waals surface area (Å²) >= 11 is 0. The number of aryl methyl sites for hydroxylation is 1. The summed E-state index contributed by atoms with van der Waals surface area (Å²) in [5, 5.41) is 3.05. The number of anilines is 2. The molecule has 2 aliphatic rings. The van der Waals surface area contributed by atoms with Gasteiger partial charge in [0.1, 0.15) is 28.6 Å². The highest BCUT2D eigenvalue weighted by Crippen LogP contribution is 2.34. The Bertz CT molecular complexity index is 1720. The first kappa shape index (κ1) is 30.8. The van der Waals surface area contributed by atoms with Gasteiger partial charge in [-0.1, -0.05) is 0 Å². The largest absolute Gasteiger partial charge is 0.444 e. The number of likely N-dealkylation sites (tertiary alicyclic amines) is 2. The average molecular weight is 619 g/mol. The molecular weight excluding hydrogens is 578 g/mol. The third kappa shape index (κ3) is 6.47. The van der Waals surface area contributed by atoms with Gasteiger partial charge in [-0.2, -0.15) is 0 Å². The molecule has 0 radical (unpaired) electrons. The fourth-order valence-electron chi connectivity index (χ4n) is 6.60. The number of rotatable bonds is 6. The van der Waals surface area contributed by atoms with Crippen molar-refractivity contribution < 1.29 is 18.3 Å². The Morgan fingerprint density at radius 1 is 1.07 bits per heavy atom. The molecule has 45 heavy (non-hydrogen) atoms. The first-order valence-electron chi connectivity index (χ1n) is 15.5. The molecule has 0 unspecified atom stereocenters. The molecule has 1 N–H and O–H groups in total. The molecule has 2 aliphatic heterocycles. The molecule has 12 heteroatoms. The van der Waals surface area contributed by atoms with Crippen LogP contribution in [0.25, 0.3) is 22.2 Å². The first-order chi connectivity index (χ1) is 21.4. The van der Waals surface area contributed by atoms with E-state index in [4.69, 9.17) is 4.74 Å². The molecule has 3 aromatic heterocycles. The van der Waals surface area contributed by atoms with E-state index in [2.05, 4.69) is 30.2 Å². The van der Waals surface area contributed by atoms with Gasteiger partial charge < -0.3 is 19.5 Å². The molecule has 238 valence electrons. The fraction of sp³-hybridized carbons (Fsp3) is 0.485. The van der Waals surface area contributed by atoms with Crippen LogP contribution in [0.4, 0.5) is 25.3 Å². The van der Waals surface area contributed by atoms with Crippen LogP contribution in [0.1, 0.15) is 64.9 Å². The molecule has 0 saturated carbocycles. The van der Waals surface area contributed by atoms with Crippen molar-refractivity contribution in [2.75, 3.05) is 25.0 Å². The van der Waals surface area contributed by atoms with Crippen LogP contribution in [0.15, 0.2) is 36.8 Å². The van der Waals surface area contributed by atoms with Gasteiger partial charge in [0.25, 0.3) is 0 Å². The quantitative estimate of drug-likeness (QED) is 0.257. The number of nitrogens with one attached hydrogen (secondary N) is 1. The Balaban J connectivity index is 1.15. The summed E-state index contributed by atoms with van der Waals surface area (Å²) < 4.78 is 37.6. The van der Waals surface area contributed by atoms with Gasteiger partial charge >= 0.3 is 6.09 Å². The molecule has 2 fully saturated rings. The van der Waals surface area contributed by atoms with Crippen LogP contribution < -0.4 is 5.32 Å². The van der Waals surface area contributed by atoms with Crippen molar-refractivity contribution in [2.45, 2.75) is 78.6 Å². The highest BCUT2D eigenvalue weighted by Gasteiger charge is 2.41. The second-order valence-electron chi connectivity index (χ2n) is 13.4. The van der Waals surface area contributed by atoms with Gasteiger partial charge in [-0.3, -0.25) is 4.90 Å². The normalized spacial score (nSPS) is 18.9. The highest BCUT2D eigenvalue weighted by molar-refractivity contribution is 5.84. The van der Waals surface area contributed by atoms with Gasteiger partial charge in [-0.25, -0.2) is 33.5 Å². The van der Waals surface area contributed by atoms with Gasteiger partial charge in [-0.15, -0.1) is 0 Å². The summed E-state index contributed by atoms with van der Waals surface area (Å²) in [5.41, 5.74) is 1.89. The van der Waals surface area contributed by atoms with E-state index in [-0.39, 0.29) is 29.3 Å². The number of carbonyl (C=O) groups is 1. The molecule has 10 nitrogen and oxygen atoms in total. The van der Waals surface area contributed by atoms with Crippen LogP contribution in [-0.2, 0) is 11.3 Å². The topological polar surface area (TPSA) is 101 Å². The minimum atomic E-state index is -0.570. The number of hydrogen-bond donors (Lipinski definition) is 1. The zero-order chi connectivity index (χ0) is 32.0. The van der Waals surface area contributed by atoms with Crippen molar-refractivity contribution >= 4 is 28.9 Å². The summed E-state index contributed by atoms with van der Waals surface area (Å²) in [7, 11) is 0. The summed E-state index contributed by atoms with van der Waals surface area (Å²) in [6.07, 6.45) is 6.54. The Morgan fingerprint density at radius 2 is 1.82 bits per heavy atom. The van der Waals surface area contributed by atoms with Crippen LogP contribution in [0.5, 0.6) is 0 Å². The lowest BCUT2D eigenvalue weighted by atomic mass is 9.92. The van der Waals surface area contributed by atoms with E-state index in [0.717, 1.165) is 31.1 Å². The van der Waals surface area contributed by atoms with Gasteiger partial charge in [-0.05, 0) is 90.6 Å². The van der Waals surface area contributed by atoms with Crippen molar-refractivity contribution in [3.05, 3.63) is 59.8 Å². The molecule has 4 aromatic rings. The van der Waals surface area contributed by atoms with Gasteiger partial charge in [0.05, 0.1) is 11.7 Å².